The fourth-order valence-electron chi connectivity index (χ4n) is 1.16. The second kappa shape index (κ2) is 3.76. The molecule has 0 amide bonds. The quantitative estimate of drug-likeness (QED) is 0.592. The Bertz CT molecular complexity index is 384. The third-order valence-electron chi connectivity index (χ3n) is 2.09. The summed E-state index contributed by atoms with van der Waals surface area (Å²) in [5, 5.41) is 0. The minimum atomic E-state index is -3.45. The van der Waals surface area contributed by atoms with Crippen LogP contribution in [0.4, 0.5) is 0 Å². The lowest BCUT2D eigenvalue weighted by molar-refractivity contribution is 0.390. The summed E-state index contributed by atoms with van der Waals surface area (Å²) < 4.78 is 47.5. The lowest BCUT2D eigenvalue weighted by Gasteiger charge is -2.28. The van der Waals surface area contributed by atoms with E-state index in [1.54, 1.807) is 0 Å². The fraction of sp³-hybridized carbons (Fsp3) is 1.00. The molecule has 0 N–H and O–H groups in total. The lowest BCUT2D eigenvalue weighted by atomic mass is 10.6. The first-order valence-corrected chi connectivity index (χ1v) is 7.35. The van der Waals surface area contributed by atoms with Crippen molar-refractivity contribution in [3.8, 4) is 0 Å². The Morgan fingerprint density at radius 1 is 1.14 bits per heavy atom. The van der Waals surface area contributed by atoms with Crippen LogP contribution in [0, 0.1) is 0 Å². The van der Waals surface area contributed by atoms with Crippen LogP contribution in [0.1, 0.15) is 0 Å². The predicted molar refractivity (Wildman–Crippen MR) is 52.8 cm³/mol. The molecule has 8 heteroatoms. The summed E-state index contributed by atoms with van der Waals surface area (Å²) in [7, 11) is -3.62. The van der Waals surface area contributed by atoms with Crippen molar-refractivity contribution in [1.29, 1.82) is 0 Å². The second-order valence-electron chi connectivity index (χ2n) is 3.34. The van der Waals surface area contributed by atoms with Gasteiger partial charge in [-0.25, -0.2) is 8.42 Å². The summed E-state index contributed by atoms with van der Waals surface area (Å²) in [6.07, 6.45) is 0. The molecule has 0 aromatic heterocycles. The van der Waals surface area contributed by atoms with Gasteiger partial charge < -0.3 is 0 Å². The predicted octanol–water partition coefficient (Wildman–Crippen LogP) is -1.48. The maximum absolute atomic E-state index is 11.6. The van der Waals surface area contributed by atoms with Crippen LogP contribution in [0.25, 0.3) is 0 Å². The molecule has 1 aliphatic rings. The molecule has 0 radical (unpaired) electrons. The van der Waals surface area contributed by atoms with E-state index >= 15 is 0 Å². The van der Waals surface area contributed by atoms with Gasteiger partial charge in [-0.1, -0.05) is 0 Å². The normalized spacial score (nSPS) is 23.9. The maximum atomic E-state index is 11.6. The van der Waals surface area contributed by atoms with Crippen molar-refractivity contribution in [2.75, 3.05) is 38.7 Å². The summed E-state index contributed by atoms with van der Waals surface area (Å²) in [5.74, 6) is -0.167. The molecule has 1 aliphatic heterocycles. The van der Waals surface area contributed by atoms with Crippen molar-refractivity contribution in [2.45, 2.75) is 0 Å². The molecule has 0 atom stereocenters. The molecule has 1 saturated heterocycles. The highest BCUT2D eigenvalue weighted by molar-refractivity contribution is 7.91. The monoisotopic (exact) mass is 242 g/mol. The number of sulfone groups is 1. The van der Waals surface area contributed by atoms with Gasteiger partial charge in [-0.2, -0.15) is 17.0 Å². The standard InChI is InChI=1S/C6H14N2O4S2/c1-7(2)14(11,12)8-3-5-13(9,10)6-4-8/h3-6H2,1-2H3. The molecule has 0 aromatic rings. The van der Waals surface area contributed by atoms with Crippen molar-refractivity contribution < 1.29 is 16.8 Å². The van der Waals surface area contributed by atoms with Gasteiger partial charge in [0.2, 0.25) is 0 Å². The summed E-state index contributed by atoms with van der Waals surface area (Å²) in [6.45, 7) is 0.117. The number of hydrogen-bond acceptors (Lipinski definition) is 4. The van der Waals surface area contributed by atoms with E-state index < -0.39 is 20.0 Å². The smallest absolute Gasteiger partial charge is 0.229 e. The van der Waals surface area contributed by atoms with Crippen LogP contribution >= 0.6 is 0 Å². The topological polar surface area (TPSA) is 74.8 Å². The summed E-state index contributed by atoms with van der Waals surface area (Å²) in [5.41, 5.74) is 0. The number of nitrogens with zero attached hydrogens (tertiary/aromatic N) is 2. The molecular weight excluding hydrogens is 228 g/mol. The van der Waals surface area contributed by atoms with Gasteiger partial charge in [0.05, 0.1) is 11.5 Å². The molecule has 0 unspecified atom stereocenters. The average Bonchev–Trinajstić information content (AvgIpc) is 2.03. The van der Waals surface area contributed by atoms with Gasteiger partial charge in [-0.3, -0.25) is 0 Å². The molecular formula is C6H14N2O4S2. The summed E-state index contributed by atoms with van der Waals surface area (Å²) >= 11 is 0. The minimum Gasteiger partial charge on any atom is -0.229 e. The van der Waals surface area contributed by atoms with Gasteiger partial charge in [0.15, 0.2) is 9.84 Å². The van der Waals surface area contributed by atoms with Crippen LogP contribution in [-0.2, 0) is 20.0 Å². The zero-order valence-corrected chi connectivity index (χ0v) is 9.81. The van der Waals surface area contributed by atoms with E-state index in [4.69, 9.17) is 0 Å². The first-order valence-electron chi connectivity index (χ1n) is 4.14. The van der Waals surface area contributed by atoms with Crippen molar-refractivity contribution >= 4 is 20.0 Å². The van der Waals surface area contributed by atoms with E-state index in [9.17, 15) is 16.8 Å². The van der Waals surface area contributed by atoms with Gasteiger partial charge >= 0.3 is 0 Å². The van der Waals surface area contributed by atoms with Crippen molar-refractivity contribution in [2.24, 2.45) is 0 Å². The molecule has 14 heavy (non-hydrogen) atoms. The van der Waals surface area contributed by atoms with Crippen molar-refractivity contribution in [1.82, 2.24) is 8.61 Å². The highest BCUT2D eigenvalue weighted by atomic mass is 32.2. The van der Waals surface area contributed by atoms with Crippen molar-refractivity contribution in [3.63, 3.8) is 0 Å². The average molecular weight is 242 g/mol. The summed E-state index contributed by atoms with van der Waals surface area (Å²) in [6, 6.07) is 0. The van der Waals surface area contributed by atoms with E-state index in [0.29, 0.717) is 0 Å². The van der Waals surface area contributed by atoms with E-state index in [1.165, 1.54) is 18.4 Å². The van der Waals surface area contributed by atoms with Crippen LogP contribution in [0.3, 0.4) is 0 Å². The van der Waals surface area contributed by atoms with E-state index in [0.717, 1.165) is 4.31 Å². The van der Waals surface area contributed by atoms with Crippen LogP contribution < -0.4 is 0 Å². The van der Waals surface area contributed by atoms with Crippen molar-refractivity contribution in [3.05, 3.63) is 0 Å². The zero-order valence-electron chi connectivity index (χ0n) is 8.17. The number of rotatable bonds is 2. The van der Waals surface area contributed by atoms with E-state index in [2.05, 4.69) is 0 Å². The Morgan fingerprint density at radius 3 is 1.93 bits per heavy atom. The molecule has 0 aromatic carbocycles. The van der Waals surface area contributed by atoms with Crippen LogP contribution in [0.15, 0.2) is 0 Å². The largest absolute Gasteiger partial charge is 0.281 e. The van der Waals surface area contributed by atoms with Crippen LogP contribution in [0.5, 0.6) is 0 Å². The van der Waals surface area contributed by atoms with Crippen LogP contribution in [0.2, 0.25) is 0 Å². The molecule has 1 heterocycles. The molecule has 6 nitrogen and oxygen atoms in total. The Morgan fingerprint density at radius 2 is 1.57 bits per heavy atom. The molecule has 1 rings (SSSR count). The molecule has 1 fully saturated rings. The third kappa shape index (κ3) is 2.44. The molecule has 0 saturated carbocycles. The van der Waals surface area contributed by atoms with Gasteiger partial charge in [0.1, 0.15) is 0 Å². The fourth-order valence-corrected chi connectivity index (χ4v) is 3.70. The van der Waals surface area contributed by atoms with Gasteiger partial charge in [-0.15, -0.1) is 0 Å². The molecule has 0 aliphatic carbocycles. The first-order chi connectivity index (χ1) is 6.26. The van der Waals surface area contributed by atoms with Gasteiger partial charge in [0.25, 0.3) is 10.2 Å². The van der Waals surface area contributed by atoms with Gasteiger partial charge in [-0.05, 0) is 0 Å². The Hall–Kier alpha value is -0.180. The summed E-state index contributed by atoms with van der Waals surface area (Å²) in [4.78, 5) is 0. The van der Waals surface area contributed by atoms with E-state index in [1.807, 2.05) is 0 Å². The van der Waals surface area contributed by atoms with E-state index in [-0.39, 0.29) is 24.6 Å². The second-order valence-corrected chi connectivity index (χ2v) is 7.79. The maximum Gasteiger partial charge on any atom is 0.281 e. The molecule has 0 bridgehead atoms. The molecule has 84 valence electrons. The highest BCUT2D eigenvalue weighted by Gasteiger charge is 2.30. The number of hydrogen-bond donors (Lipinski definition) is 0. The molecule has 0 spiro atoms. The van der Waals surface area contributed by atoms with Gasteiger partial charge in [0, 0.05) is 27.2 Å². The Kier molecular flexibility index (Phi) is 3.20. The zero-order chi connectivity index (χ0) is 11.0. The minimum absolute atomic E-state index is 0.0584. The Balaban J connectivity index is 2.77. The lowest BCUT2D eigenvalue weighted by Crippen LogP contribution is -2.48. The SMILES string of the molecule is CN(C)S(=O)(=O)N1CCS(=O)(=O)CC1. The first kappa shape index (κ1) is 11.9. The third-order valence-corrected chi connectivity index (χ3v) is 5.64. The highest BCUT2D eigenvalue weighted by Crippen LogP contribution is 2.10. The van der Waals surface area contributed by atoms with Crippen LogP contribution in [-0.4, -0.2) is 64.1 Å². The Labute approximate surface area is 84.6 Å².